The van der Waals surface area contributed by atoms with Crippen molar-refractivity contribution in [3.05, 3.63) is 41.7 Å². The zero-order valence-electron chi connectivity index (χ0n) is 16.6. The minimum Gasteiger partial charge on any atom is -0.350 e. The molecule has 3 rings (SSSR count). The van der Waals surface area contributed by atoms with E-state index in [1.54, 1.807) is 34.5 Å². The number of nitrogens with zero attached hydrogens (tertiary/aromatic N) is 6. The van der Waals surface area contributed by atoms with Crippen LogP contribution in [0.1, 0.15) is 52.9 Å². The van der Waals surface area contributed by atoms with Crippen molar-refractivity contribution < 1.29 is 9.59 Å². The van der Waals surface area contributed by atoms with Crippen LogP contribution in [0.2, 0.25) is 0 Å². The molecule has 0 aliphatic carbocycles. The van der Waals surface area contributed by atoms with Crippen LogP contribution in [0.25, 0.3) is 0 Å². The number of hydrogen-bond acceptors (Lipinski definition) is 7. The second-order valence-electron chi connectivity index (χ2n) is 7.30. The lowest BCUT2D eigenvalue weighted by Crippen LogP contribution is -2.33. The molecular weight excluding hydrogens is 358 g/mol. The van der Waals surface area contributed by atoms with Gasteiger partial charge in [0.25, 0.3) is 11.8 Å². The fraction of sp³-hybridized carbons (Fsp3) is 0.474. The summed E-state index contributed by atoms with van der Waals surface area (Å²) in [5.41, 5.74) is 1.12. The van der Waals surface area contributed by atoms with E-state index in [9.17, 15) is 9.59 Å². The maximum Gasteiger partial charge on any atom is 0.291 e. The van der Waals surface area contributed by atoms with Crippen LogP contribution in [-0.4, -0.2) is 69.9 Å². The maximum atomic E-state index is 12.6. The van der Waals surface area contributed by atoms with Crippen molar-refractivity contribution >= 4 is 17.8 Å². The molecule has 1 saturated heterocycles. The van der Waals surface area contributed by atoms with Crippen molar-refractivity contribution in [2.45, 2.75) is 32.2 Å². The van der Waals surface area contributed by atoms with E-state index < -0.39 is 0 Å². The highest BCUT2D eigenvalue weighted by Crippen LogP contribution is 2.29. The van der Waals surface area contributed by atoms with E-state index in [1.807, 2.05) is 27.9 Å². The van der Waals surface area contributed by atoms with Gasteiger partial charge in [-0.2, -0.15) is 0 Å². The Bertz CT molecular complexity index is 855. The fourth-order valence-electron chi connectivity index (χ4n) is 3.15. The summed E-state index contributed by atoms with van der Waals surface area (Å²) in [5.74, 6) is 0.247. The zero-order valence-corrected chi connectivity index (χ0v) is 16.6. The first-order valence-corrected chi connectivity index (χ1v) is 9.28. The van der Waals surface area contributed by atoms with Gasteiger partial charge in [0.2, 0.25) is 11.8 Å². The molecule has 2 amide bonds. The van der Waals surface area contributed by atoms with Gasteiger partial charge in [0.05, 0.1) is 11.3 Å². The highest BCUT2D eigenvalue weighted by molar-refractivity contribution is 5.95. The number of amides is 2. The van der Waals surface area contributed by atoms with Crippen LogP contribution in [-0.2, 0) is 0 Å². The summed E-state index contributed by atoms with van der Waals surface area (Å²) < 4.78 is 0. The third kappa shape index (κ3) is 4.24. The van der Waals surface area contributed by atoms with E-state index in [2.05, 4.69) is 25.3 Å². The van der Waals surface area contributed by atoms with Crippen molar-refractivity contribution in [1.82, 2.24) is 30.2 Å². The molecule has 1 aliphatic rings. The van der Waals surface area contributed by atoms with Gasteiger partial charge in [0.1, 0.15) is 0 Å². The quantitative estimate of drug-likeness (QED) is 0.824. The van der Waals surface area contributed by atoms with Crippen molar-refractivity contribution in [3.8, 4) is 0 Å². The molecule has 0 spiro atoms. The third-order valence-electron chi connectivity index (χ3n) is 4.49. The molecule has 1 fully saturated rings. The molecule has 9 heteroatoms. The van der Waals surface area contributed by atoms with Gasteiger partial charge in [-0.1, -0.05) is 0 Å². The summed E-state index contributed by atoms with van der Waals surface area (Å²) in [6.45, 7) is 4.84. The van der Waals surface area contributed by atoms with Crippen LogP contribution in [0.4, 0.5) is 5.95 Å². The van der Waals surface area contributed by atoms with Gasteiger partial charge >= 0.3 is 0 Å². The Morgan fingerprint density at radius 2 is 1.93 bits per heavy atom. The van der Waals surface area contributed by atoms with Crippen LogP contribution in [0.5, 0.6) is 0 Å². The Labute approximate surface area is 164 Å². The van der Waals surface area contributed by atoms with Gasteiger partial charge in [0.15, 0.2) is 0 Å². The Morgan fingerprint density at radius 1 is 1.21 bits per heavy atom. The predicted octanol–water partition coefficient (Wildman–Crippen LogP) is 1.10. The Kier molecular flexibility index (Phi) is 5.81. The molecule has 1 atom stereocenters. The molecule has 2 aromatic heterocycles. The Morgan fingerprint density at radius 3 is 2.57 bits per heavy atom. The van der Waals surface area contributed by atoms with Crippen LogP contribution < -0.4 is 10.2 Å². The van der Waals surface area contributed by atoms with E-state index in [4.69, 9.17) is 0 Å². The Balaban J connectivity index is 1.86. The smallest absolute Gasteiger partial charge is 0.291 e. The van der Waals surface area contributed by atoms with Crippen LogP contribution >= 0.6 is 0 Å². The SMILES string of the molecule is CC(C)NC(=O)c1cnc(N(C)C)nc1C1CCN(C(=O)c2ncccn2)C1. The number of likely N-dealkylation sites (tertiary alicyclic amines) is 1. The first-order valence-electron chi connectivity index (χ1n) is 9.28. The zero-order chi connectivity index (χ0) is 20.3. The van der Waals surface area contributed by atoms with Gasteiger partial charge in [-0.25, -0.2) is 19.9 Å². The summed E-state index contributed by atoms with van der Waals surface area (Å²) >= 11 is 0. The standard InChI is InChI=1S/C19H25N7O2/c1-12(2)23-17(27)14-10-22-19(25(3)4)24-15(14)13-6-9-26(11-13)18(28)16-20-7-5-8-21-16/h5,7-8,10,12-13H,6,9,11H2,1-4H3,(H,23,27). The molecule has 148 valence electrons. The van der Waals surface area contributed by atoms with Crippen molar-refractivity contribution in [2.75, 3.05) is 32.1 Å². The molecule has 9 nitrogen and oxygen atoms in total. The average Bonchev–Trinajstić information content (AvgIpc) is 3.17. The van der Waals surface area contributed by atoms with E-state index in [0.29, 0.717) is 36.7 Å². The second kappa shape index (κ2) is 8.28. The van der Waals surface area contributed by atoms with Crippen LogP contribution in [0.3, 0.4) is 0 Å². The monoisotopic (exact) mass is 383 g/mol. The van der Waals surface area contributed by atoms with Crippen LogP contribution in [0, 0.1) is 0 Å². The fourth-order valence-corrected chi connectivity index (χ4v) is 3.15. The number of nitrogens with one attached hydrogen (secondary N) is 1. The molecule has 3 heterocycles. The maximum absolute atomic E-state index is 12.6. The highest BCUT2D eigenvalue weighted by Gasteiger charge is 2.33. The van der Waals surface area contributed by atoms with E-state index >= 15 is 0 Å². The lowest BCUT2D eigenvalue weighted by atomic mass is 9.99. The average molecular weight is 383 g/mol. The van der Waals surface area contributed by atoms with Gasteiger partial charge in [-0.15, -0.1) is 0 Å². The largest absolute Gasteiger partial charge is 0.350 e. The lowest BCUT2D eigenvalue weighted by Gasteiger charge is -2.19. The summed E-state index contributed by atoms with van der Waals surface area (Å²) in [5, 5.41) is 2.90. The van der Waals surface area contributed by atoms with E-state index in [0.717, 1.165) is 0 Å². The first kappa shape index (κ1) is 19.7. The summed E-state index contributed by atoms with van der Waals surface area (Å²) in [4.78, 5) is 45.8. The number of rotatable bonds is 5. The van der Waals surface area contributed by atoms with Crippen molar-refractivity contribution in [3.63, 3.8) is 0 Å². The molecule has 28 heavy (non-hydrogen) atoms. The van der Waals surface area contributed by atoms with E-state index in [1.165, 1.54) is 0 Å². The lowest BCUT2D eigenvalue weighted by molar-refractivity contribution is 0.0778. The highest BCUT2D eigenvalue weighted by atomic mass is 16.2. The molecule has 0 bridgehead atoms. The predicted molar refractivity (Wildman–Crippen MR) is 104 cm³/mol. The number of aromatic nitrogens is 4. The normalized spacial score (nSPS) is 16.3. The molecule has 0 radical (unpaired) electrons. The number of hydrogen-bond donors (Lipinski definition) is 1. The van der Waals surface area contributed by atoms with Crippen molar-refractivity contribution in [2.24, 2.45) is 0 Å². The topological polar surface area (TPSA) is 104 Å². The molecule has 1 unspecified atom stereocenters. The molecule has 1 aliphatic heterocycles. The summed E-state index contributed by atoms with van der Waals surface area (Å²) in [6.07, 6.45) is 5.39. The Hall–Kier alpha value is -3.10. The minimum absolute atomic E-state index is 0.00533. The van der Waals surface area contributed by atoms with Crippen LogP contribution in [0.15, 0.2) is 24.7 Å². The number of anilines is 1. The summed E-state index contributed by atoms with van der Waals surface area (Å²) in [7, 11) is 3.70. The molecule has 0 saturated carbocycles. The first-order chi connectivity index (χ1) is 13.4. The van der Waals surface area contributed by atoms with Gasteiger partial charge in [-0.3, -0.25) is 9.59 Å². The minimum atomic E-state index is -0.210. The second-order valence-corrected chi connectivity index (χ2v) is 7.30. The molecule has 0 aromatic carbocycles. The number of carbonyl (C=O) groups is 2. The number of carbonyl (C=O) groups excluding carboxylic acids is 2. The molecular formula is C19H25N7O2. The third-order valence-corrected chi connectivity index (χ3v) is 4.49. The van der Waals surface area contributed by atoms with Gasteiger partial charge < -0.3 is 15.1 Å². The molecule has 2 aromatic rings. The summed E-state index contributed by atoms with van der Waals surface area (Å²) in [6, 6.07) is 1.68. The van der Waals surface area contributed by atoms with Crippen molar-refractivity contribution in [1.29, 1.82) is 0 Å². The molecule has 1 N–H and O–H groups in total. The van der Waals surface area contributed by atoms with Gasteiger partial charge in [-0.05, 0) is 26.3 Å². The van der Waals surface area contributed by atoms with E-state index in [-0.39, 0.29) is 29.6 Å². The van der Waals surface area contributed by atoms with Gasteiger partial charge in [0, 0.05) is 57.7 Å².